The zero-order valence-electron chi connectivity index (χ0n) is 9.21. The predicted octanol–water partition coefficient (Wildman–Crippen LogP) is 2.04. The van der Waals surface area contributed by atoms with Crippen LogP contribution in [-0.2, 0) is 4.79 Å². The average molecular weight is 200 g/mol. The van der Waals surface area contributed by atoms with E-state index in [9.17, 15) is 9.90 Å². The number of carboxylic acids is 1. The van der Waals surface area contributed by atoms with Crippen molar-refractivity contribution in [2.45, 2.75) is 52.1 Å². The van der Waals surface area contributed by atoms with E-state index in [2.05, 4.69) is 0 Å². The summed E-state index contributed by atoms with van der Waals surface area (Å²) in [5, 5.41) is 19.2. The van der Waals surface area contributed by atoms with Crippen molar-refractivity contribution in [3.8, 4) is 0 Å². The summed E-state index contributed by atoms with van der Waals surface area (Å²) in [6.45, 7) is 5.84. The standard InChI is InChI=1S/C11H20O3/c1-4-11(14,9(12)13)8-6-5-7-10(8,2)3/h8,14H,4-7H2,1-3H3,(H,12,13). The van der Waals surface area contributed by atoms with E-state index >= 15 is 0 Å². The number of hydrogen-bond acceptors (Lipinski definition) is 2. The number of hydrogen-bond donors (Lipinski definition) is 2. The molecule has 1 fully saturated rings. The molecular weight excluding hydrogens is 180 g/mol. The highest BCUT2D eigenvalue weighted by Crippen LogP contribution is 2.49. The minimum absolute atomic E-state index is 0.0524. The Morgan fingerprint density at radius 1 is 1.57 bits per heavy atom. The van der Waals surface area contributed by atoms with Gasteiger partial charge in [-0.1, -0.05) is 27.2 Å². The van der Waals surface area contributed by atoms with Crippen molar-refractivity contribution in [3.63, 3.8) is 0 Å². The molecule has 1 aliphatic carbocycles. The first-order valence-corrected chi connectivity index (χ1v) is 5.30. The molecule has 1 saturated carbocycles. The predicted molar refractivity (Wildman–Crippen MR) is 54.0 cm³/mol. The van der Waals surface area contributed by atoms with Gasteiger partial charge >= 0.3 is 5.97 Å². The highest BCUT2D eigenvalue weighted by molar-refractivity contribution is 5.77. The summed E-state index contributed by atoms with van der Waals surface area (Å²) in [4.78, 5) is 11.1. The summed E-state index contributed by atoms with van der Waals surface area (Å²) in [6, 6.07) is 0. The van der Waals surface area contributed by atoms with Gasteiger partial charge in [-0.05, 0) is 24.7 Å². The third-order valence-corrected chi connectivity index (χ3v) is 3.74. The largest absolute Gasteiger partial charge is 0.479 e. The van der Waals surface area contributed by atoms with Crippen molar-refractivity contribution in [2.75, 3.05) is 0 Å². The fourth-order valence-electron chi connectivity index (χ4n) is 2.76. The van der Waals surface area contributed by atoms with E-state index in [1.807, 2.05) is 13.8 Å². The molecule has 2 N–H and O–H groups in total. The van der Waals surface area contributed by atoms with E-state index in [-0.39, 0.29) is 17.8 Å². The van der Waals surface area contributed by atoms with Crippen LogP contribution < -0.4 is 0 Å². The molecule has 0 spiro atoms. The smallest absolute Gasteiger partial charge is 0.335 e. The molecular formula is C11H20O3. The molecule has 0 aromatic rings. The van der Waals surface area contributed by atoms with Crippen LogP contribution >= 0.6 is 0 Å². The molecule has 1 rings (SSSR count). The van der Waals surface area contributed by atoms with Crippen LogP contribution in [-0.4, -0.2) is 21.8 Å². The zero-order chi connectivity index (χ0) is 11.0. The molecule has 0 radical (unpaired) electrons. The Kier molecular flexibility index (Phi) is 2.91. The van der Waals surface area contributed by atoms with Crippen molar-refractivity contribution in [1.82, 2.24) is 0 Å². The van der Waals surface area contributed by atoms with Crippen LogP contribution in [0.4, 0.5) is 0 Å². The minimum atomic E-state index is -1.53. The molecule has 3 heteroatoms. The maximum Gasteiger partial charge on any atom is 0.335 e. The molecule has 0 amide bonds. The van der Waals surface area contributed by atoms with Crippen LogP contribution in [0.1, 0.15) is 46.5 Å². The second-order valence-corrected chi connectivity index (χ2v) is 5.02. The van der Waals surface area contributed by atoms with E-state index in [1.54, 1.807) is 6.92 Å². The SMILES string of the molecule is CCC(O)(C(=O)O)C1CCCC1(C)C. The number of aliphatic carboxylic acids is 1. The van der Waals surface area contributed by atoms with Crippen molar-refractivity contribution in [2.24, 2.45) is 11.3 Å². The Bertz CT molecular complexity index is 235. The first-order valence-electron chi connectivity index (χ1n) is 5.30. The van der Waals surface area contributed by atoms with Gasteiger partial charge in [0.2, 0.25) is 0 Å². The Labute approximate surface area is 85.1 Å². The normalized spacial score (nSPS) is 29.9. The summed E-state index contributed by atoms with van der Waals surface area (Å²) in [5.74, 6) is -1.18. The van der Waals surface area contributed by atoms with Crippen molar-refractivity contribution < 1.29 is 15.0 Å². The quantitative estimate of drug-likeness (QED) is 0.733. The third-order valence-electron chi connectivity index (χ3n) is 3.74. The third kappa shape index (κ3) is 1.65. The van der Waals surface area contributed by atoms with Gasteiger partial charge in [-0.25, -0.2) is 4.79 Å². The number of carboxylic acid groups (broad SMARTS) is 1. The maximum atomic E-state index is 11.1. The van der Waals surface area contributed by atoms with Gasteiger partial charge in [0.05, 0.1) is 0 Å². The molecule has 0 heterocycles. The molecule has 0 saturated heterocycles. The fourth-order valence-corrected chi connectivity index (χ4v) is 2.76. The van der Waals surface area contributed by atoms with E-state index in [4.69, 9.17) is 5.11 Å². The second-order valence-electron chi connectivity index (χ2n) is 5.02. The molecule has 2 unspecified atom stereocenters. The van der Waals surface area contributed by atoms with Gasteiger partial charge in [-0.3, -0.25) is 0 Å². The lowest BCUT2D eigenvalue weighted by Crippen LogP contribution is -2.49. The molecule has 0 aromatic heterocycles. The number of carbonyl (C=O) groups is 1. The topological polar surface area (TPSA) is 57.5 Å². The van der Waals surface area contributed by atoms with Gasteiger partial charge in [-0.2, -0.15) is 0 Å². The number of aliphatic hydroxyl groups is 1. The molecule has 14 heavy (non-hydrogen) atoms. The lowest BCUT2D eigenvalue weighted by atomic mass is 9.70. The highest BCUT2D eigenvalue weighted by atomic mass is 16.4. The summed E-state index contributed by atoms with van der Waals surface area (Å²) in [6.07, 6.45) is 3.14. The average Bonchev–Trinajstić information content (AvgIpc) is 2.44. The highest BCUT2D eigenvalue weighted by Gasteiger charge is 2.51. The minimum Gasteiger partial charge on any atom is -0.479 e. The summed E-state index contributed by atoms with van der Waals surface area (Å²) >= 11 is 0. The van der Waals surface area contributed by atoms with Crippen LogP contribution in [0.15, 0.2) is 0 Å². The van der Waals surface area contributed by atoms with E-state index in [0.717, 1.165) is 19.3 Å². The second kappa shape index (κ2) is 3.54. The van der Waals surface area contributed by atoms with Crippen LogP contribution in [0.2, 0.25) is 0 Å². The van der Waals surface area contributed by atoms with Gasteiger partial charge in [-0.15, -0.1) is 0 Å². The first kappa shape index (κ1) is 11.5. The van der Waals surface area contributed by atoms with Crippen molar-refractivity contribution in [3.05, 3.63) is 0 Å². The molecule has 1 aliphatic rings. The van der Waals surface area contributed by atoms with Gasteiger partial charge in [0.25, 0.3) is 0 Å². The van der Waals surface area contributed by atoms with Crippen molar-refractivity contribution in [1.29, 1.82) is 0 Å². The van der Waals surface area contributed by atoms with Crippen LogP contribution in [0.25, 0.3) is 0 Å². The number of rotatable bonds is 3. The lowest BCUT2D eigenvalue weighted by molar-refractivity contribution is -0.170. The van der Waals surface area contributed by atoms with Crippen LogP contribution in [0.3, 0.4) is 0 Å². The monoisotopic (exact) mass is 200 g/mol. The Morgan fingerprint density at radius 2 is 2.14 bits per heavy atom. The molecule has 3 nitrogen and oxygen atoms in total. The Hall–Kier alpha value is -0.570. The summed E-state index contributed by atoms with van der Waals surface area (Å²) in [7, 11) is 0. The first-order chi connectivity index (χ1) is 6.34. The zero-order valence-corrected chi connectivity index (χ0v) is 9.21. The Morgan fingerprint density at radius 3 is 2.43 bits per heavy atom. The molecule has 0 aromatic carbocycles. The van der Waals surface area contributed by atoms with Gasteiger partial charge in [0.15, 0.2) is 5.60 Å². The van der Waals surface area contributed by atoms with Crippen LogP contribution in [0, 0.1) is 11.3 Å². The van der Waals surface area contributed by atoms with E-state index in [1.165, 1.54) is 0 Å². The van der Waals surface area contributed by atoms with E-state index in [0.29, 0.717) is 0 Å². The lowest BCUT2D eigenvalue weighted by Gasteiger charge is -2.37. The molecule has 2 atom stereocenters. The van der Waals surface area contributed by atoms with E-state index < -0.39 is 11.6 Å². The molecule has 82 valence electrons. The fraction of sp³-hybridized carbons (Fsp3) is 0.909. The van der Waals surface area contributed by atoms with Crippen molar-refractivity contribution >= 4 is 5.97 Å². The molecule has 0 bridgehead atoms. The summed E-state index contributed by atoms with van der Waals surface area (Å²) < 4.78 is 0. The van der Waals surface area contributed by atoms with Gasteiger partial charge < -0.3 is 10.2 Å². The summed E-state index contributed by atoms with van der Waals surface area (Å²) in [5.41, 5.74) is -1.58. The van der Waals surface area contributed by atoms with Gasteiger partial charge in [0.1, 0.15) is 0 Å². The van der Waals surface area contributed by atoms with Crippen LogP contribution in [0.5, 0.6) is 0 Å². The Balaban J connectivity index is 2.95. The molecule has 0 aliphatic heterocycles. The van der Waals surface area contributed by atoms with Gasteiger partial charge in [0, 0.05) is 5.92 Å². The maximum absolute atomic E-state index is 11.1.